The smallest absolute Gasteiger partial charge is 0.336 e. The van der Waals surface area contributed by atoms with E-state index in [0.29, 0.717) is 59.5 Å². The van der Waals surface area contributed by atoms with Crippen molar-refractivity contribution in [3.05, 3.63) is 57.0 Å². The highest BCUT2D eigenvalue weighted by molar-refractivity contribution is 6.32. The number of carbonyl (C=O) groups excluding carboxylic acids is 1. The summed E-state index contributed by atoms with van der Waals surface area (Å²) >= 11 is 6.21. The Bertz CT molecular complexity index is 1240. The fourth-order valence-corrected chi connectivity index (χ4v) is 5.02. The number of H-pyrrole nitrogens is 1. The number of likely N-dealkylation sites (tertiary alicyclic amines) is 1. The Hall–Kier alpha value is -2.92. The van der Waals surface area contributed by atoms with Gasteiger partial charge < -0.3 is 30.2 Å². The van der Waals surface area contributed by atoms with Gasteiger partial charge in [-0.2, -0.15) is 0 Å². The van der Waals surface area contributed by atoms with E-state index in [-0.39, 0.29) is 11.5 Å². The van der Waals surface area contributed by atoms with Gasteiger partial charge in [-0.3, -0.25) is 9.78 Å². The number of halogens is 1. The number of piperidine rings is 1. The molecule has 2 aliphatic heterocycles. The largest absolute Gasteiger partial charge is 0.462 e. The number of hydrogen-bond acceptors (Lipinski definition) is 9. The molecule has 0 saturated carbocycles. The number of nitrogens with one attached hydrogen (secondary N) is 2. The van der Waals surface area contributed by atoms with Crippen molar-refractivity contribution in [1.82, 2.24) is 14.9 Å². The lowest BCUT2D eigenvalue weighted by Gasteiger charge is -2.36. The predicted octanol–water partition coefficient (Wildman–Crippen LogP) is 1.72. The molecule has 0 spiro atoms. The van der Waals surface area contributed by atoms with Gasteiger partial charge in [-0.05, 0) is 50.1 Å². The van der Waals surface area contributed by atoms with E-state index < -0.39 is 18.2 Å². The first kappa shape index (κ1) is 24.8. The Labute approximate surface area is 213 Å². The van der Waals surface area contributed by atoms with Crippen molar-refractivity contribution in [1.29, 1.82) is 0 Å². The molecule has 3 heterocycles. The Morgan fingerprint density at radius 1 is 1.22 bits per heavy atom. The van der Waals surface area contributed by atoms with E-state index in [2.05, 4.69) is 20.2 Å². The number of hydrogen-bond donors (Lipinski definition) is 3. The second-order valence-corrected chi connectivity index (χ2v) is 9.63. The fourth-order valence-electron chi connectivity index (χ4n) is 4.80. The third kappa shape index (κ3) is 5.41. The standard InChI is InChI=1S/C25H30ClN5O5/c26-18-13-17(21-22(20(18)27)35-12-11-34-21)24(33)36-14-15-5-8-31(9-6-15)10-7-28-25-29-19-4-2-1-3-16(19)23(32)30-25/h1-4,13,15,21-22H,5-12,14,27H2,(H2,28,29,30,32). The molecule has 2 unspecified atom stereocenters. The van der Waals surface area contributed by atoms with Gasteiger partial charge in [-0.1, -0.05) is 23.7 Å². The van der Waals surface area contributed by atoms with Crippen molar-refractivity contribution >= 4 is 34.4 Å². The number of allylic oxidation sites excluding steroid dienone is 2. The van der Waals surface area contributed by atoms with Crippen LogP contribution in [0, 0.1) is 5.92 Å². The summed E-state index contributed by atoms with van der Waals surface area (Å²) in [4.78, 5) is 34.6. The average Bonchev–Trinajstić information content (AvgIpc) is 2.90. The van der Waals surface area contributed by atoms with Crippen LogP contribution in [-0.2, 0) is 19.0 Å². The lowest BCUT2D eigenvalue weighted by molar-refractivity contribution is -0.149. The highest BCUT2D eigenvalue weighted by Gasteiger charge is 2.39. The SMILES string of the molecule is NC1=C(Cl)C=C(C(=O)OCC2CCN(CCNc3nc4ccccc4c(=O)[nH]3)CC2)C2OCCOC12. The quantitative estimate of drug-likeness (QED) is 0.471. The third-order valence-electron chi connectivity index (χ3n) is 6.85. The van der Waals surface area contributed by atoms with Gasteiger partial charge in [0.15, 0.2) is 0 Å². The van der Waals surface area contributed by atoms with Crippen LogP contribution in [0.2, 0.25) is 0 Å². The monoisotopic (exact) mass is 515 g/mol. The van der Waals surface area contributed by atoms with E-state index in [9.17, 15) is 9.59 Å². The van der Waals surface area contributed by atoms with Crippen LogP contribution in [0.25, 0.3) is 10.9 Å². The lowest BCUT2D eigenvalue weighted by atomic mass is 9.95. The van der Waals surface area contributed by atoms with Gasteiger partial charge in [0, 0.05) is 13.1 Å². The predicted molar refractivity (Wildman–Crippen MR) is 136 cm³/mol. The molecule has 10 nitrogen and oxygen atoms in total. The van der Waals surface area contributed by atoms with Gasteiger partial charge in [0.05, 0.1) is 47.0 Å². The number of ether oxygens (including phenoxy) is 3. The Morgan fingerprint density at radius 2 is 1.97 bits per heavy atom. The minimum atomic E-state index is -0.588. The summed E-state index contributed by atoms with van der Waals surface area (Å²) in [6, 6.07) is 7.27. The maximum absolute atomic E-state index is 12.8. The molecule has 1 aromatic carbocycles. The van der Waals surface area contributed by atoms with Crippen molar-refractivity contribution in [3.8, 4) is 0 Å². The summed E-state index contributed by atoms with van der Waals surface area (Å²) in [5.41, 5.74) is 7.26. The van der Waals surface area contributed by atoms with Gasteiger partial charge in [0.2, 0.25) is 5.95 Å². The maximum Gasteiger partial charge on any atom is 0.336 e. The molecule has 4 N–H and O–H groups in total. The molecule has 2 saturated heterocycles. The van der Waals surface area contributed by atoms with E-state index >= 15 is 0 Å². The van der Waals surface area contributed by atoms with Crippen molar-refractivity contribution in [3.63, 3.8) is 0 Å². The minimum Gasteiger partial charge on any atom is -0.462 e. The van der Waals surface area contributed by atoms with Crippen LogP contribution in [0.3, 0.4) is 0 Å². The second kappa shape index (κ2) is 11.0. The molecule has 2 atom stereocenters. The Balaban J connectivity index is 1.06. The number of carbonyl (C=O) groups is 1. The van der Waals surface area contributed by atoms with Crippen molar-refractivity contribution in [2.45, 2.75) is 25.0 Å². The molecule has 0 amide bonds. The van der Waals surface area contributed by atoms with Crippen LogP contribution in [-0.4, -0.2) is 79.0 Å². The zero-order chi connectivity index (χ0) is 25.1. The van der Waals surface area contributed by atoms with Crippen molar-refractivity contribution in [2.75, 3.05) is 51.3 Å². The highest BCUT2D eigenvalue weighted by atomic mass is 35.5. The first-order chi connectivity index (χ1) is 17.5. The summed E-state index contributed by atoms with van der Waals surface area (Å²) in [5, 5.41) is 4.08. The number of aromatic nitrogens is 2. The number of esters is 1. The van der Waals surface area contributed by atoms with E-state index in [0.717, 1.165) is 32.5 Å². The molecule has 36 heavy (non-hydrogen) atoms. The molecule has 192 valence electrons. The number of fused-ring (bicyclic) bond motifs is 2. The van der Waals surface area contributed by atoms with E-state index in [4.69, 9.17) is 31.5 Å². The number of para-hydroxylation sites is 1. The maximum atomic E-state index is 12.8. The molecule has 1 aliphatic carbocycles. The normalized spacial score (nSPS) is 23.3. The molecule has 11 heteroatoms. The first-order valence-corrected chi connectivity index (χ1v) is 12.6. The van der Waals surface area contributed by atoms with E-state index in [1.165, 1.54) is 6.08 Å². The summed E-state index contributed by atoms with van der Waals surface area (Å²) in [5.74, 6) is 0.324. The number of nitrogens with two attached hydrogens (primary N) is 1. The van der Waals surface area contributed by atoms with E-state index in [1.807, 2.05) is 18.2 Å². The number of nitrogens with zero attached hydrogens (tertiary/aromatic N) is 2. The highest BCUT2D eigenvalue weighted by Crippen LogP contribution is 2.31. The number of aromatic amines is 1. The fraction of sp³-hybridized carbons (Fsp3) is 0.480. The molecule has 0 radical (unpaired) electrons. The van der Waals surface area contributed by atoms with Crippen LogP contribution in [0.5, 0.6) is 0 Å². The molecular weight excluding hydrogens is 486 g/mol. The summed E-state index contributed by atoms with van der Waals surface area (Å²) in [6.45, 7) is 4.43. The van der Waals surface area contributed by atoms with Crippen molar-refractivity contribution < 1.29 is 19.0 Å². The molecule has 2 fully saturated rings. The van der Waals surface area contributed by atoms with Crippen LogP contribution < -0.4 is 16.6 Å². The van der Waals surface area contributed by atoms with Crippen LogP contribution in [0.4, 0.5) is 5.95 Å². The molecule has 3 aliphatic rings. The van der Waals surface area contributed by atoms with Gasteiger partial charge in [-0.25, -0.2) is 9.78 Å². The number of benzene rings is 1. The number of anilines is 1. The Morgan fingerprint density at radius 3 is 2.78 bits per heavy atom. The zero-order valence-corrected chi connectivity index (χ0v) is 20.6. The number of rotatable bonds is 7. The first-order valence-electron chi connectivity index (χ1n) is 12.2. The summed E-state index contributed by atoms with van der Waals surface area (Å²) in [6.07, 6.45) is 2.24. The minimum absolute atomic E-state index is 0.151. The van der Waals surface area contributed by atoms with Crippen LogP contribution in [0.1, 0.15) is 12.8 Å². The Kier molecular flexibility index (Phi) is 7.56. The topological polar surface area (TPSA) is 132 Å². The third-order valence-corrected chi connectivity index (χ3v) is 7.18. The zero-order valence-electron chi connectivity index (χ0n) is 19.9. The molecule has 1 aromatic heterocycles. The second-order valence-electron chi connectivity index (χ2n) is 9.23. The van der Waals surface area contributed by atoms with Gasteiger partial charge in [0.25, 0.3) is 5.56 Å². The van der Waals surface area contributed by atoms with Crippen LogP contribution >= 0.6 is 11.6 Å². The molecular formula is C25H30ClN5O5. The average molecular weight is 516 g/mol. The van der Waals surface area contributed by atoms with Gasteiger partial charge in [-0.15, -0.1) is 0 Å². The summed E-state index contributed by atoms with van der Waals surface area (Å²) < 4.78 is 17.0. The molecule has 5 rings (SSSR count). The van der Waals surface area contributed by atoms with Crippen molar-refractivity contribution in [2.24, 2.45) is 11.7 Å². The molecule has 0 bridgehead atoms. The van der Waals surface area contributed by atoms with Gasteiger partial charge >= 0.3 is 5.97 Å². The lowest BCUT2D eigenvalue weighted by Crippen LogP contribution is -2.46. The van der Waals surface area contributed by atoms with E-state index in [1.54, 1.807) is 6.07 Å². The molecule has 2 aromatic rings. The van der Waals surface area contributed by atoms with Crippen LogP contribution in [0.15, 0.2) is 51.4 Å². The summed E-state index contributed by atoms with van der Waals surface area (Å²) in [7, 11) is 0. The van der Waals surface area contributed by atoms with Gasteiger partial charge in [0.1, 0.15) is 12.2 Å².